The molecule has 5 nitrogen and oxygen atoms in total. The molecule has 0 spiro atoms. The van der Waals surface area contributed by atoms with Gasteiger partial charge in [0.15, 0.2) is 0 Å². The molecule has 24 heavy (non-hydrogen) atoms. The fourth-order valence-electron chi connectivity index (χ4n) is 3.57. The number of nitrogens with zero attached hydrogens (tertiary/aromatic N) is 1. The van der Waals surface area contributed by atoms with Gasteiger partial charge < -0.3 is 15.9 Å². The number of furan rings is 1. The molecule has 0 aliphatic heterocycles. The lowest BCUT2D eigenvalue weighted by Crippen LogP contribution is -2.23. The van der Waals surface area contributed by atoms with Crippen LogP contribution in [0, 0.1) is 5.41 Å². The summed E-state index contributed by atoms with van der Waals surface area (Å²) in [5, 5.41) is 0.826. The standard InChI is InChI=1S/C18H19N3O2S/c1-18(2)5-3-11-10(7-18)12(9-4-6-23-8-9)13-14(19)15(16(20)22)24-17(13)21-11/h4,6,8H,3,5,7,19H2,1-2H3,(H2,20,22). The molecule has 124 valence electrons. The molecular weight excluding hydrogens is 322 g/mol. The van der Waals surface area contributed by atoms with Crippen LogP contribution >= 0.6 is 11.3 Å². The number of anilines is 1. The topological polar surface area (TPSA) is 95.1 Å². The van der Waals surface area contributed by atoms with Crippen molar-refractivity contribution in [2.45, 2.75) is 33.1 Å². The van der Waals surface area contributed by atoms with Gasteiger partial charge in [0, 0.05) is 22.2 Å². The van der Waals surface area contributed by atoms with Gasteiger partial charge in [0.2, 0.25) is 0 Å². The van der Waals surface area contributed by atoms with Crippen molar-refractivity contribution in [3.63, 3.8) is 0 Å². The lowest BCUT2D eigenvalue weighted by Gasteiger charge is -2.32. The molecule has 3 heterocycles. The minimum atomic E-state index is -0.507. The Kier molecular flexibility index (Phi) is 3.22. The van der Waals surface area contributed by atoms with Crippen LogP contribution in [0.2, 0.25) is 0 Å². The number of aryl methyl sites for hydroxylation is 1. The van der Waals surface area contributed by atoms with Gasteiger partial charge in [-0.25, -0.2) is 4.98 Å². The number of nitrogen functional groups attached to an aromatic ring is 1. The Bertz CT molecular complexity index is 955. The van der Waals surface area contributed by atoms with Crippen LogP contribution in [0.1, 0.15) is 41.2 Å². The molecule has 0 unspecified atom stereocenters. The van der Waals surface area contributed by atoms with Crippen LogP contribution < -0.4 is 11.5 Å². The first-order chi connectivity index (χ1) is 11.4. The van der Waals surface area contributed by atoms with Gasteiger partial charge >= 0.3 is 0 Å². The van der Waals surface area contributed by atoms with E-state index in [2.05, 4.69) is 13.8 Å². The van der Waals surface area contributed by atoms with Gasteiger partial charge in [-0.1, -0.05) is 13.8 Å². The zero-order chi connectivity index (χ0) is 17.1. The van der Waals surface area contributed by atoms with Gasteiger partial charge in [0.1, 0.15) is 9.71 Å². The second-order valence-electron chi connectivity index (χ2n) is 7.15. The maximum absolute atomic E-state index is 11.7. The molecule has 0 atom stereocenters. The summed E-state index contributed by atoms with van der Waals surface area (Å²) >= 11 is 1.27. The molecule has 0 saturated heterocycles. The zero-order valence-electron chi connectivity index (χ0n) is 13.7. The first-order valence-corrected chi connectivity index (χ1v) is 8.75. The number of carbonyl (C=O) groups is 1. The maximum atomic E-state index is 11.7. The lowest BCUT2D eigenvalue weighted by molar-refractivity contribution is 0.100. The van der Waals surface area contributed by atoms with Crippen LogP contribution in [0.4, 0.5) is 5.69 Å². The van der Waals surface area contributed by atoms with Gasteiger partial charge in [-0.3, -0.25) is 4.79 Å². The Labute approximate surface area is 143 Å². The molecule has 1 aliphatic carbocycles. The van der Waals surface area contributed by atoms with Crippen molar-refractivity contribution in [1.82, 2.24) is 4.98 Å². The van der Waals surface area contributed by atoms with Gasteiger partial charge in [0.05, 0.1) is 18.2 Å². The van der Waals surface area contributed by atoms with E-state index >= 15 is 0 Å². The minimum absolute atomic E-state index is 0.206. The third kappa shape index (κ3) is 2.21. The molecule has 0 radical (unpaired) electrons. The summed E-state index contributed by atoms with van der Waals surface area (Å²) in [6.07, 6.45) is 6.31. The lowest BCUT2D eigenvalue weighted by atomic mass is 9.74. The van der Waals surface area contributed by atoms with Crippen LogP contribution in [0.3, 0.4) is 0 Å². The van der Waals surface area contributed by atoms with E-state index in [-0.39, 0.29) is 5.41 Å². The summed E-state index contributed by atoms with van der Waals surface area (Å²) in [7, 11) is 0. The predicted octanol–water partition coefficient (Wildman–Crippen LogP) is 3.75. The molecule has 0 bridgehead atoms. The fourth-order valence-corrected chi connectivity index (χ4v) is 4.54. The van der Waals surface area contributed by atoms with Crippen molar-refractivity contribution in [2.24, 2.45) is 11.1 Å². The number of thiophene rings is 1. The highest BCUT2D eigenvalue weighted by molar-refractivity contribution is 7.21. The number of amides is 1. The molecule has 0 saturated carbocycles. The van der Waals surface area contributed by atoms with E-state index < -0.39 is 5.91 Å². The van der Waals surface area contributed by atoms with Crippen LogP contribution in [-0.4, -0.2) is 10.9 Å². The monoisotopic (exact) mass is 341 g/mol. The Morgan fingerprint density at radius 1 is 1.42 bits per heavy atom. The van der Waals surface area contributed by atoms with Gasteiger partial charge in [-0.2, -0.15) is 0 Å². The van der Waals surface area contributed by atoms with E-state index in [1.807, 2.05) is 6.07 Å². The molecule has 6 heteroatoms. The first kappa shape index (κ1) is 15.2. The van der Waals surface area contributed by atoms with Crippen molar-refractivity contribution < 1.29 is 9.21 Å². The van der Waals surface area contributed by atoms with Crippen LogP contribution in [0.15, 0.2) is 23.0 Å². The third-order valence-electron chi connectivity index (χ3n) is 4.79. The Morgan fingerprint density at radius 2 is 2.21 bits per heavy atom. The number of primary amides is 1. The highest BCUT2D eigenvalue weighted by Gasteiger charge is 2.31. The Balaban J connectivity index is 2.11. The molecule has 3 aromatic rings. The second kappa shape index (κ2) is 5.08. The molecule has 4 rings (SSSR count). The van der Waals surface area contributed by atoms with E-state index in [1.54, 1.807) is 12.5 Å². The SMILES string of the molecule is CC1(C)CCc2nc3sc(C(N)=O)c(N)c3c(-c3ccoc3)c2C1. The van der Waals surface area contributed by atoms with Gasteiger partial charge in [-0.15, -0.1) is 11.3 Å². The average Bonchev–Trinajstić information content (AvgIpc) is 3.13. The first-order valence-electron chi connectivity index (χ1n) is 7.93. The number of rotatable bonds is 2. The average molecular weight is 341 g/mol. The number of fused-ring (bicyclic) bond motifs is 2. The molecular formula is C18H19N3O2S. The second-order valence-corrected chi connectivity index (χ2v) is 8.15. The number of hydrogen-bond acceptors (Lipinski definition) is 5. The van der Waals surface area contributed by atoms with Crippen molar-refractivity contribution in [2.75, 3.05) is 5.73 Å². The highest BCUT2D eigenvalue weighted by atomic mass is 32.1. The Hall–Kier alpha value is -2.34. The fraction of sp³-hybridized carbons (Fsp3) is 0.333. The number of hydrogen-bond donors (Lipinski definition) is 2. The molecule has 0 fully saturated rings. The molecule has 0 aromatic carbocycles. The van der Waals surface area contributed by atoms with Crippen molar-refractivity contribution >= 4 is 33.1 Å². The van der Waals surface area contributed by atoms with Crippen molar-refractivity contribution in [3.8, 4) is 11.1 Å². The van der Waals surface area contributed by atoms with E-state index in [0.717, 1.165) is 46.3 Å². The van der Waals surface area contributed by atoms with E-state index in [9.17, 15) is 4.79 Å². The van der Waals surface area contributed by atoms with Crippen LogP contribution in [0.5, 0.6) is 0 Å². The summed E-state index contributed by atoms with van der Waals surface area (Å²) in [5.41, 5.74) is 16.7. The highest BCUT2D eigenvalue weighted by Crippen LogP contribution is 2.46. The van der Waals surface area contributed by atoms with E-state index in [1.165, 1.54) is 16.9 Å². The third-order valence-corrected chi connectivity index (χ3v) is 5.90. The van der Waals surface area contributed by atoms with Crippen LogP contribution in [0.25, 0.3) is 21.3 Å². The smallest absolute Gasteiger partial charge is 0.260 e. The molecule has 1 aliphatic rings. The summed E-state index contributed by atoms with van der Waals surface area (Å²) in [6.45, 7) is 4.54. The number of nitrogens with two attached hydrogens (primary N) is 2. The van der Waals surface area contributed by atoms with Crippen molar-refractivity contribution in [1.29, 1.82) is 0 Å². The molecule has 4 N–H and O–H groups in total. The Morgan fingerprint density at radius 3 is 2.88 bits per heavy atom. The molecule has 1 amide bonds. The minimum Gasteiger partial charge on any atom is -0.472 e. The summed E-state index contributed by atoms with van der Waals surface area (Å²) in [6, 6.07) is 1.93. The van der Waals surface area contributed by atoms with Gasteiger partial charge in [-0.05, 0) is 36.3 Å². The van der Waals surface area contributed by atoms with E-state index in [4.69, 9.17) is 20.9 Å². The van der Waals surface area contributed by atoms with E-state index in [0.29, 0.717) is 10.6 Å². The quantitative estimate of drug-likeness (QED) is 0.742. The maximum Gasteiger partial charge on any atom is 0.260 e. The zero-order valence-corrected chi connectivity index (χ0v) is 14.5. The summed E-state index contributed by atoms with van der Waals surface area (Å²) in [5.74, 6) is -0.507. The summed E-state index contributed by atoms with van der Waals surface area (Å²) in [4.78, 5) is 17.7. The van der Waals surface area contributed by atoms with Gasteiger partial charge in [0.25, 0.3) is 5.91 Å². The normalized spacial score (nSPS) is 16.2. The number of carbonyl (C=O) groups excluding carboxylic acids is 1. The number of aromatic nitrogens is 1. The summed E-state index contributed by atoms with van der Waals surface area (Å²) < 4.78 is 5.31. The largest absolute Gasteiger partial charge is 0.472 e. The number of pyridine rings is 1. The van der Waals surface area contributed by atoms with Crippen LogP contribution in [-0.2, 0) is 12.8 Å². The molecule has 3 aromatic heterocycles. The van der Waals surface area contributed by atoms with Crippen molar-refractivity contribution in [3.05, 3.63) is 34.7 Å². The predicted molar refractivity (Wildman–Crippen MR) is 96.1 cm³/mol.